The Morgan fingerprint density at radius 2 is 1.63 bits per heavy atom. The van der Waals surface area contributed by atoms with E-state index in [2.05, 4.69) is 10.5 Å². The molecule has 0 aliphatic rings. The molecule has 0 atom stereocenters. The van der Waals surface area contributed by atoms with Crippen molar-refractivity contribution in [1.82, 2.24) is 5.43 Å². The zero-order chi connectivity index (χ0) is 18.9. The summed E-state index contributed by atoms with van der Waals surface area (Å²) in [4.78, 5) is 11.8. The fourth-order valence-corrected chi connectivity index (χ4v) is 2.40. The van der Waals surface area contributed by atoms with Crippen molar-refractivity contribution in [2.45, 2.75) is 13.0 Å². The minimum atomic E-state index is -0.266. The van der Waals surface area contributed by atoms with Gasteiger partial charge in [0.2, 0.25) is 5.91 Å². The fourth-order valence-electron chi connectivity index (χ4n) is 2.40. The first-order valence-corrected chi connectivity index (χ1v) is 8.52. The van der Waals surface area contributed by atoms with Gasteiger partial charge in [0.25, 0.3) is 0 Å². The average Bonchev–Trinajstić information content (AvgIpc) is 2.69. The van der Waals surface area contributed by atoms with Gasteiger partial charge in [0.1, 0.15) is 18.2 Å². The molecule has 3 rings (SSSR count). The Balaban J connectivity index is 1.46. The van der Waals surface area contributed by atoms with Crippen molar-refractivity contribution >= 4 is 12.1 Å². The van der Waals surface area contributed by atoms with Crippen molar-refractivity contribution in [3.05, 3.63) is 101 Å². The van der Waals surface area contributed by atoms with Crippen molar-refractivity contribution in [1.29, 1.82) is 0 Å². The van der Waals surface area contributed by atoms with E-state index in [1.807, 2.05) is 54.6 Å². The molecule has 0 saturated heterocycles. The number of carbonyl (C=O) groups is 1. The van der Waals surface area contributed by atoms with Crippen LogP contribution in [-0.2, 0) is 17.8 Å². The fraction of sp³-hybridized carbons (Fsp3) is 0.0909. The molecule has 3 aromatic rings. The summed E-state index contributed by atoms with van der Waals surface area (Å²) < 4.78 is 18.5. The first-order valence-electron chi connectivity index (χ1n) is 8.52. The van der Waals surface area contributed by atoms with Crippen LogP contribution in [0.15, 0.2) is 84.0 Å². The summed E-state index contributed by atoms with van der Waals surface area (Å²) in [6.07, 6.45) is 1.86. The number of rotatable bonds is 7. The first-order chi connectivity index (χ1) is 13.2. The summed E-state index contributed by atoms with van der Waals surface area (Å²) in [7, 11) is 0. The van der Waals surface area contributed by atoms with Gasteiger partial charge >= 0.3 is 0 Å². The second kappa shape index (κ2) is 9.29. The lowest BCUT2D eigenvalue weighted by molar-refractivity contribution is -0.120. The van der Waals surface area contributed by atoms with Gasteiger partial charge in [-0.25, -0.2) is 9.82 Å². The molecule has 1 amide bonds. The molecular weight excluding hydrogens is 343 g/mol. The van der Waals surface area contributed by atoms with Crippen molar-refractivity contribution in [3.63, 3.8) is 0 Å². The maximum atomic E-state index is 12.9. The SMILES string of the molecule is O=C(Cc1ccccc1)N/N=C\c1ccc(OCc2ccc(F)cc2)cc1. The highest BCUT2D eigenvalue weighted by Gasteiger charge is 2.01. The summed E-state index contributed by atoms with van der Waals surface area (Å²) in [5, 5.41) is 3.97. The molecule has 1 N–H and O–H groups in total. The van der Waals surface area contributed by atoms with Gasteiger partial charge in [0, 0.05) is 0 Å². The molecule has 3 aromatic carbocycles. The number of hydrogen-bond acceptors (Lipinski definition) is 3. The first kappa shape index (κ1) is 18.3. The van der Waals surface area contributed by atoms with Crippen LogP contribution in [0, 0.1) is 5.82 Å². The molecule has 136 valence electrons. The van der Waals surface area contributed by atoms with Gasteiger partial charge in [-0.3, -0.25) is 4.79 Å². The van der Waals surface area contributed by atoms with Gasteiger partial charge in [0.05, 0.1) is 12.6 Å². The van der Waals surface area contributed by atoms with Gasteiger partial charge in [-0.1, -0.05) is 42.5 Å². The number of nitrogens with zero attached hydrogens (tertiary/aromatic N) is 1. The molecule has 0 heterocycles. The number of hydrazone groups is 1. The minimum absolute atomic E-state index is 0.170. The lowest BCUT2D eigenvalue weighted by Crippen LogP contribution is -2.19. The monoisotopic (exact) mass is 362 g/mol. The molecule has 0 saturated carbocycles. The van der Waals surface area contributed by atoms with Gasteiger partial charge in [-0.05, 0) is 53.1 Å². The number of halogens is 1. The molecule has 0 unspecified atom stereocenters. The van der Waals surface area contributed by atoms with Crippen LogP contribution in [0.2, 0.25) is 0 Å². The number of benzene rings is 3. The summed E-state index contributed by atoms with van der Waals surface area (Å²) in [5.41, 5.74) is 5.18. The lowest BCUT2D eigenvalue weighted by Gasteiger charge is -2.06. The molecule has 0 bridgehead atoms. The van der Waals surface area contributed by atoms with E-state index in [1.54, 1.807) is 18.3 Å². The third-order valence-electron chi connectivity index (χ3n) is 3.81. The highest BCUT2D eigenvalue weighted by Crippen LogP contribution is 2.14. The average molecular weight is 362 g/mol. The number of amides is 1. The normalized spacial score (nSPS) is 10.7. The highest BCUT2D eigenvalue weighted by molar-refractivity contribution is 5.83. The van der Waals surface area contributed by atoms with Crippen LogP contribution in [0.1, 0.15) is 16.7 Å². The zero-order valence-corrected chi connectivity index (χ0v) is 14.6. The van der Waals surface area contributed by atoms with E-state index in [0.29, 0.717) is 12.4 Å². The van der Waals surface area contributed by atoms with Crippen LogP contribution in [-0.4, -0.2) is 12.1 Å². The van der Waals surface area contributed by atoms with Crippen LogP contribution in [0.4, 0.5) is 4.39 Å². The van der Waals surface area contributed by atoms with E-state index >= 15 is 0 Å². The van der Waals surface area contributed by atoms with Crippen molar-refractivity contribution in [3.8, 4) is 5.75 Å². The van der Waals surface area contributed by atoms with Crippen molar-refractivity contribution in [2.75, 3.05) is 0 Å². The number of ether oxygens (including phenoxy) is 1. The van der Waals surface area contributed by atoms with Crippen LogP contribution in [0.5, 0.6) is 5.75 Å². The molecule has 0 aliphatic carbocycles. The Kier molecular flexibility index (Phi) is 6.30. The lowest BCUT2D eigenvalue weighted by atomic mass is 10.1. The van der Waals surface area contributed by atoms with E-state index in [9.17, 15) is 9.18 Å². The standard InChI is InChI=1S/C22H19FN2O2/c23-20-10-6-19(7-11-20)16-27-21-12-8-18(9-13-21)15-24-25-22(26)14-17-4-2-1-3-5-17/h1-13,15H,14,16H2,(H,25,26)/b24-15-. The predicted molar refractivity (Wildman–Crippen MR) is 103 cm³/mol. The third-order valence-corrected chi connectivity index (χ3v) is 3.81. The van der Waals surface area contributed by atoms with Crippen LogP contribution in [0.3, 0.4) is 0 Å². The number of carbonyl (C=O) groups excluding carboxylic acids is 1. The maximum absolute atomic E-state index is 12.9. The van der Waals surface area contributed by atoms with Crippen molar-refractivity contribution < 1.29 is 13.9 Å². The van der Waals surface area contributed by atoms with E-state index in [-0.39, 0.29) is 18.1 Å². The molecular formula is C22H19FN2O2. The Labute approximate surface area is 157 Å². The predicted octanol–water partition coefficient (Wildman–Crippen LogP) is 4.10. The molecule has 0 aromatic heterocycles. The molecule has 0 fully saturated rings. The molecule has 4 nitrogen and oxygen atoms in total. The van der Waals surface area contributed by atoms with Gasteiger partial charge in [0.15, 0.2) is 0 Å². The second-order valence-electron chi connectivity index (χ2n) is 5.94. The van der Waals surface area contributed by atoms with E-state index in [1.165, 1.54) is 12.1 Å². The Morgan fingerprint density at radius 1 is 0.926 bits per heavy atom. The minimum Gasteiger partial charge on any atom is -0.489 e. The topological polar surface area (TPSA) is 50.7 Å². The highest BCUT2D eigenvalue weighted by atomic mass is 19.1. The second-order valence-corrected chi connectivity index (χ2v) is 5.94. The molecule has 0 radical (unpaired) electrons. The maximum Gasteiger partial charge on any atom is 0.244 e. The largest absolute Gasteiger partial charge is 0.489 e. The molecule has 0 spiro atoms. The summed E-state index contributed by atoms with van der Waals surface area (Å²) >= 11 is 0. The van der Waals surface area contributed by atoms with E-state index in [4.69, 9.17) is 4.74 Å². The molecule has 27 heavy (non-hydrogen) atoms. The number of nitrogens with one attached hydrogen (secondary N) is 1. The zero-order valence-electron chi connectivity index (χ0n) is 14.6. The van der Waals surface area contributed by atoms with Gasteiger partial charge in [-0.2, -0.15) is 5.10 Å². The smallest absolute Gasteiger partial charge is 0.244 e. The summed E-state index contributed by atoms with van der Waals surface area (Å²) in [6.45, 7) is 0.364. The van der Waals surface area contributed by atoms with E-state index < -0.39 is 0 Å². The molecule has 5 heteroatoms. The van der Waals surface area contributed by atoms with Crippen LogP contribution < -0.4 is 10.2 Å². The van der Waals surface area contributed by atoms with Crippen LogP contribution >= 0.6 is 0 Å². The van der Waals surface area contributed by atoms with Gasteiger partial charge < -0.3 is 4.74 Å². The summed E-state index contributed by atoms with van der Waals surface area (Å²) in [6, 6.07) is 23.0. The molecule has 0 aliphatic heterocycles. The van der Waals surface area contributed by atoms with Gasteiger partial charge in [-0.15, -0.1) is 0 Å². The van der Waals surface area contributed by atoms with E-state index in [0.717, 1.165) is 16.7 Å². The Morgan fingerprint density at radius 3 is 2.33 bits per heavy atom. The van der Waals surface area contributed by atoms with Crippen LogP contribution in [0.25, 0.3) is 0 Å². The van der Waals surface area contributed by atoms with Crippen molar-refractivity contribution in [2.24, 2.45) is 5.10 Å². The Bertz CT molecular complexity index is 892. The quantitative estimate of drug-likeness (QED) is 0.508. The summed E-state index contributed by atoms with van der Waals surface area (Å²) in [5.74, 6) is 0.263. The Hall–Kier alpha value is -3.47. The third kappa shape index (κ3) is 6.08. The number of hydrogen-bond donors (Lipinski definition) is 1.